The topological polar surface area (TPSA) is 35.5 Å². The molecular weight excluding hydrogens is 344 g/mol. The van der Waals surface area contributed by atoms with Crippen molar-refractivity contribution < 1.29 is 14.3 Å². The van der Waals surface area contributed by atoms with Crippen LogP contribution in [0.1, 0.15) is 15.9 Å². The van der Waals surface area contributed by atoms with Crippen LogP contribution < -0.4 is 9.47 Å². The maximum Gasteiger partial charge on any atom is 0.172 e. The summed E-state index contributed by atoms with van der Waals surface area (Å²) in [7, 11) is 1.53. The Morgan fingerprint density at radius 3 is 2.75 bits per heavy atom. The molecule has 0 fully saturated rings. The molecule has 0 aliphatic rings. The molecule has 0 heterocycles. The van der Waals surface area contributed by atoms with E-state index in [2.05, 4.69) is 15.9 Å². The Balaban J connectivity index is 2.24. The lowest BCUT2D eigenvalue weighted by Crippen LogP contribution is -2.01. The third kappa shape index (κ3) is 3.32. The summed E-state index contributed by atoms with van der Waals surface area (Å²) in [5.74, 6) is 0.937. The van der Waals surface area contributed by atoms with E-state index in [-0.39, 0.29) is 6.61 Å². The van der Waals surface area contributed by atoms with Crippen LogP contribution in [0.5, 0.6) is 11.5 Å². The first-order chi connectivity index (χ1) is 9.65. The molecule has 0 spiro atoms. The van der Waals surface area contributed by atoms with Gasteiger partial charge in [0.15, 0.2) is 17.8 Å². The van der Waals surface area contributed by atoms with Gasteiger partial charge in [-0.25, -0.2) is 0 Å². The second kappa shape index (κ2) is 6.77. The molecule has 0 unspecified atom stereocenters. The molecule has 0 saturated heterocycles. The minimum Gasteiger partial charge on any atom is -0.493 e. The molecule has 2 aromatic rings. The van der Waals surface area contributed by atoms with E-state index >= 15 is 0 Å². The molecule has 2 rings (SSSR count). The van der Waals surface area contributed by atoms with Crippen molar-refractivity contribution in [1.82, 2.24) is 0 Å². The van der Waals surface area contributed by atoms with E-state index in [1.165, 1.54) is 7.11 Å². The largest absolute Gasteiger partial charge is 0.493 e. The smallest absolute Gasteiger partial charge is 0.172 e. The van der Waals surface area contributed by atoms with Crippen molar-refractivity contribution in [3.63, 3.8) is 0 Å². The standard InChI is InChI=1S/C15H12BrClO3/c1-19-14-4-2-3-10(8-18)15(14)20-9-11-5-6-12(16)7-13(11)17/h2-8H,9H2,1H3. The minimum absolute atomic E-state index is 0.257. The number of methoxy groups -OCH3 is 1. The third-order valence-electron chi connectivity index (χ3n) is 2.74. The van der Waals surface area contributed by atoms with Crippen LogP contribution in [0.2, 0.25) is 5.02 Å². The van der Waals surface area contributed by atoms with Crippen molar-refractivity contribution in [2.75, 3.05) is 7.11 Å². The molecule has 0 aliphatic carbocycles. The SMILES string of the molecule is COc1cccc(C=O)c1OCc1ccc(Br)cc1Cl. The number of carbonyl (C=O) groups excluding carboxylic acids is 1. The minimum atomic E-state index is 0.257. The third-order valence-corrected chi connectivity index (χ3v) is 3.59. The van der Waals surface area contributed by atoms with Crippen LogP contribution in [0.3, 0.4) is 0 Å². The monoisotopic (exact) mass is 354 g/mol. The fourth-order valence-electron chi connectivity index (χ4n) is 1.73. The van der Waals surface area contributed by atoms with Crippen LogP contribution in [-0.2, 0) is 6.61 Å². The van der Waals surface area contributed by atoms with Gasteiger partial charge in [-0.15, -0.1) is 0 Å². The van der Waals surface area contributed by atoms with Crippen LogP contribution in [-0.4, -0.2) is 13.4 Å². The number of para-hydroxylation sites is 1. The number of rotatable bonds is 5. The molecule has 0 radical (unpaired) electrons. The van der Waals surface area contributed by atoms with Crippen molar-refractivity contribution in [3.05, 3.63) is 57.0 Å². The van der Waals surface area contributed by atoms with Crippen molar-refractivity contribution in [3.8, 4) is 11.5 Å². The highest BCUT2D eigenvalue weighted by Gasteiger charge is 2.11. The highest BCUT2D eigenvalue weighted by molar-refractivity contribution is 9.10. The fourth-order valence-corrected chi connectivity index (χ4v) is 2.46. The van der Waals surface area contributed by atoms with E-state index in [1.807, 2.05) is 12.1 Å². The van der Waals surface area contributed by atoms with Gasteiger partial charge in [0.05, 0.1) is 12.7 Å². The van der Waals surface area contributed by atoms with E-state index in [1.54, 1.807) is 24.3 Å². The maximum absolute atomic E-state index is 11.1. The average Bonchev–Trinajstić information content (AvgIpc) is 2.46. The number of hydrogen-bond acceptors (Lipinski definition) is 3. The molecule has 0 aromatic heterocycles. The summed E-state index contributed by atoms with van der Waals surface area (Å²) < 4.78 is 11.8. The van der Waals surface area contributed by atoms with E-state index < -0.39 is 0 Å². The van der Waals surface area contributed by atoms with Gasteiger partial charge in [0.25, 0.3) is 0 Å². The molecule has 0 bridgehead atoms. The van der Waals surface area contributed by atoms with Crippen LogP contribution in [0, 0.1) is 0 Å². The summed E-state index contributed by atoms with van der Waals surface area (Å²) in [5.41, 5.74) is 1.27. The van der Waals surface area contributed by atoms with Gasteiger partial charge in [-0.1, -0.05) is 39.7 Å². The lowest BCUT2D eigenvalue weighted by molar-refractivity contribution is 0.111. The first-order valence-corrected chi connectivity index (χ1v) is 7.01. The van der Waals surface area contributed by atoms with Gasteiger partial charge in [-0.2, -0.15) is 0 Å². The van der Waals surface area contributed by atoms with Gasteiger partial charge >= 0.3 is 0 Å². The summed E-state index contributed by atoms with van der Waals surface area (Å²) in [6, 6.07) is 10.7. The zero-order valence-corrected chi connectivity index (χ0v) is 13.1. The second-order valence-electron chi connectivity index (χ2n) is 4.02. The van der Waals surface area contributed by atoms with E-state index in [0.29, 0.717) is 22.1 Å². The molecule has 0 atom stereocenters. The Morgan fingerprint density at radius 1 is 1.30 bits per heavy atom. The van der Waals surface area contributed by atoms with Crippen molar-refractivity contribution in [2.45, 2.75) is 6.61 Å². The lowest BCUT2D eigenvalue weighted by atomic mass is 10.2. The first-order valence-electron chi connectivity index (χ1n) is 5.84. The lowest BCUT2D eigenvalue weighted by Gasteiger charge is -2.13. The maximum atomic E-state index is 11.1. The summed E-state index contributed by atoms with van der Waals surface area (Å²) in [4.78, 5) is 11.1. The quantitative estimate of drug-likeness (QED) is 0.741. The summed E-state index contributed by atoms with van der Waals surface area (Å²) in [6.45, 7) is 0.257. The molecule has 2 aromatic carbocycles. The van der Waals surface area contributed by atoms with Gasteiger partial charge in [-0.05, 0) is 24.3 Å². The Hall–Kier alpha value is -1.52. The molecule has 0 N–H and O–H groups in total. The molecule has 0 saturated carbocycles. The number of carbonyl (C=O) groups is 1. The number of aldehydes is 1. The summed E-state index contributed by atoms with van der Waals surface area (Å²) in [6.07, 6.45) is 0.737. The second-order valence-corrected chi connectivity index (χ2v) is 5.34. The van der Waals surface area contributed by atoms with Crippen molar-refractivity contribution >= 4 is 33.8 Å². The number of benzene rings is 2. The Morgan fingerprint density at radius 2 is 2.10 bits per heavy atom. The first kappa shape index (κ1) is 14.9. The van der Waals surface area contributed by atoms with E-state index in [0.717, 1.165) is 16.3 Å². The highest BCUT2D eigenvalue weighted by Crippen LogP contribution is 2.31. The van der Waals surface area contributed by atoms with Gasteiger partial charge in [0.2, 0.25) is 0 Å². The van der Waals surface area contributed by atoms with E-state index in [4.69, 9.17) is 21.1 Å². The average molecular weight is 356 g/mol. The van der Waals surface area contributed by atoms with Gasteiger partial charge in [0, 0.05) is 15.1 Å². The summed E-state index contributed by atoms with van der Waals surface area (Å²) >= 11 is 9.48. The summed E-state index contributed by atoms with van der Waals surface area (Å²) in [5, 5.41) is 0.599. The predicted octanol–water partition coefficient (Wildman–Crippen LogP) is 4.50. The van der Waals surface area contributed by atoms with Crippen molar-refractivity contribution in [2.24, 2.45) is 0 Å². The normalized spacial score (nSPS) is 10.2. The zero-order chi connectivity index (χ0) is 14.5. The van der Waals surface area contributed by atoms with Gasteiger partial charge in [-0.3, -0.25) is 4.79 Å². The Labute approximate surface area is 130 Å². The van der Waals surface area contributed by atoms with Crippen molar-refractivity contribution in [1.29, 1.82) is 0 Å². The molecule has 0 amide bonds. The number of halogens is 2. The van der Waals surface area contributed by atoms with Gasteiger partial charge in [0.1, 0.15) is 6.61 Å². The Bertz CT molecular complexity index is 629. The number of ether oxygens (including phenoxy) is 2. The van der Waals surface area contributed by atoms with Crippen LogP contribution >= 0.6 is 27.5 Å². The molecule has 0 aliphatic heterocycles. The van der Waals surface area contributed by atoms with Crippen LogP contribution in [0.4, 0.5) is 0 Å². The molecule has 5 heteroatoms. The fraction of sp³-hybridized carbons (Fsp3) is 0.133. The molecule has 3 nitrogen and oxygen atoms in total. The predicted molar refractivity (Wildman–Crippen MR) is 81.9 cm³/mol. The molecule has 20 heavy (non-hydrogen) atoms. The van der Waals surface area contributed by atoms with E-state index in [9.17, 15) is 4.79 Å². The van der Waals surface area contributed by atoms with Gasteiger partial charge < -0.3 is 9.47 Å². The van der Waals surface area contributed by atoms with Crippen LogP contribution in [0.25, 0.3) is 0 Å². The highest BCUT2D eigenvalue weighted by atomic mass is 79.9. The molecule has 104 valence electrons. The zero-order valence-electron chi connectivity index (χ0n) is 10.7. The number of hydrogen-bond donors (Lipinski definition) is 0. The molecular formula is C15H12BrClO3. The Kier molecular flexibility index (Phi) is 5.04. The van der Waals surface area contributed by atoms with Crippen LogP contribution in [0.15, 0.2) is 40.9 Å².